The molecule has 1 aliphatic rings. The molecule has 1 fully saturated rings. The molecular formula is C20H19F2NO3. The molecule has 6 heteroatoms. The summed E-state index contributed by atoms with van der Waals surface area (Å²) in [5, 5.41) is 12.1. The van der Waals surface area contributed by atoms with Gasteiger partial charge in [0.1, 0.15) is 11.6 Å². The van der Waals surface area contributed by atoms with Crippen molar-refractivity contribution in [3.63, 3.8) is 0 Å². The number of carbonyl (C=O) groups excluding carboxylic acids is 1. The van der Waals surface area contributed by atoms with E-state index in [1.807, 2.05) is 0 Å². The summed E-state index contributed by atoms with van der Waals surface area (Å²) >= 11 is 0. The fourth-order valence-corrected chi connectivity index (χ4v) is 3.37. The zero-order valence-electron chi connectivity index (χ0n) is 14.0. The number of carboxylic acids is 1. The van der Waals surface area contributed by atoms with Gasteiger partial charge in [0.2, 0.25) is 5.91 Å². The van der Waals surface area contributed by atoms with E-state index in [2.05, 4.69) is 5.32 Å². The van der Waals surface area contributed by atoms with E-state index >= 15 is 0 Å². The first kappa shape index (κ1) is 18.0. The predicted octanol–water partition coefficient (Wildman–Crippen LogP) is 3.37. The first-order chi connectivity index (χ1) is 12.4. The van der Waals surface area contributed by atoms with Gasteiger partial charge in [-0.05, 0) is 48.2 Å². The number of carboxylic acid groups (broad SMARTS) is 1. The zero-order valence-corrected chi connectivity index (χ0v) is 14.0. The second kappa shape index (κ2) is 7.23. The van der Waals surface area contributed by atoms with Crippen molar-refractivity contribution in [3.05, 3.63) is 71.3 Å². The van der Waals surface area contributed by atoms with Crippen molar-refractivity contribution in [1.29, 1.82) is 0 Å². The van der Waals surface area contributed by atoms with E-state index in [0.717, 1.165) is 6.42 Å². The third-order valence-corrected chi connectivity index (χ3v) is 5.06. The van der Waals surface area contributed by atoms with Gasteiger partial charge in [0.25, 0.3) is 0 Å². The Balaban J connectivity index is 1.75. The largest absolute Gasteiger partial charge is 0.481 e. The Kier molecular flexibility index (Phi) is 5.02. The highest BCUT2D eigenvalue weighted by molar-refractivity contribution is 5.90. The Bertz CT molecular complexity index is 816. The van der Waals surface area contributed by atoms with Crippen molar-refractivity contribution in [2.75, 3.05) is 6.54 Å². The van der Waals surface area contributed by atoms with Gasteiger partial charge in [-0.15, -0.1) is 0 Å². The van der Waals surface area contributed by atoms with Crippen molar-refractivity contribution < 1.29 is 23.5 Å². The van der Waals surface area contributed by atoms with Crippen LogP contribution in [0.25, 0.3) is 0 Å². The van der Waals surface area contributed by atoms with Crippen LogP contribution in [-0.4, -0.2) is 23.5 Å². The smallest absolute Gasteiger partial charge is 0.312 e. The minimum absolute atomic E-state index is 0.114. The number of carbonyl (C=O) groups is 2. The number of aliphatic carboxylic acids is 1. The molecule has 0 aliphatic heterocycles. The maximum Gasteiger partial charge on any atom is 0.312 e. The molecule has 1 aliphatic carbocycles. The number of amides is 1. The summed E-state index contributed by atoms with van der Waals surface area (Å²) < 4.78 is 26.6. The Morgan fingerprint density at radius 3 is 2.31 bits per heavy atom. The normalized spacial score (nSPS) is 16.4. The van der Waals surface area contributed by atoms with Gasteiger partial charge < -0.3 is 10.4 Å². The number of benzene rings is 2. The second-order valence-corrected chi connectivity index (χ2v) is 6.60. The molecule has 0 aromatic heterocycles. The molecule has 0 radical (unpaired) electrons. The second-order valence-electron chi connectivity index (χ2n) is 6.60. The van der Waals surface area contributed by atoms with E-state index in [0.29, 0.717) is 24.0 Å². The van der Waals surface area contributed by atoms with Gasteiger partial charge in [0, 0.05) is 6.54 Å². The molecule has 2 aromatic rings. The molecule has 0 spiro atoms. The van der Waals surface area contributed by atoms with Crippen LogP contribution in [0, 0.1) is 11.6 Å². The van der Waals surface area contributed by atoms with E-state index < -0.39 is 28.9 Å². The number of rotatable bonds is 6. The summed E-state index contributed by atoms with van der Waals surface area (Å²) in [6.07, 6.45) is 2.04. The molecule has 3 rings (SSSR count). The average molecular weight is 359 g/mol. The van der Waals surface area contributed by atoms with Crippen molar-refractivity contribution in [2.45, 2.75) is 30.6 Å². The molecule has 1 amide bonds. The number of hydrogen-bond acceptors (Lipinski definition) is 2. The summed E-state index contributed by atoms with van der Waals surface area (Å²) in [6, 6.07) is 11.1. The number of halogens is 2. The fourth-order valence-electron chi connectivity index (χ4n) is 3.37. The van der Waals surface area contributed by atoms with Gasteiger partial charge in [-0.1, -0.05) is 30.7 Å². The van der Waals surface area contributed by atoms with Crippen molar-refractivity contribution >= 4 is 11.9 Å². The minimum atomic E-state index is -1.11. The van der Waals surface area contributed by atoms with Gasteiger partial charge in [0.05, 0.1) is 11.3 Å². The summed E-state index contributed by atoms with van der Waals surface area (Å²) in [5.41, 5.74) is 0.205. The Morgan fingerprint density at radius 1 is 1.08 bits per heavy atom. The van der Waals surface area contributed by atoms with Crippen LogP contribution in [-0.2, 0) is 15.0 Å². The van der Waals surface area contributed by atoms with Crippen LogP contribution in [0.1, 0.15) is 36.3 Å². The van der Waals surface area contributed by atoms with Gasteiger partial charge >= 0.3 is 5.97 Å². The molecule has 136 valence electrons. The third-order valence-electron chi connectivity index (χ3n) is 5.06. The molecule has 2 N–H and O–H groups in total. The van der Waals surface area contributed by atoms with E-state index in [9.17, 15) is 23.5 Å². The number of hydrogen-bond donors (Lipinski definition) is 2. The quantitative estimate of drug-likeness (QED) is 0.831. The van der Waals surface area contributed by atoms with Gasteiger partial charge in [-0.3, -0.25) is 9.59 Å². The lowest BCUT2D eigenvalue weighted by molar-refractivity contribution is -0.139. The lowest BCUT2D eigenvalue weighted by Crippen LogP contribution is -2.50. The third kappa shape index (κ3) is 3.45. The lowest BCUT2D eigenvalue weighted by atomic mass is 9.63. The summed E-state index contributed by atoms with van der Waals surface area (Å²) in [7, 11) is 0. The Morgan fingerprint density at radius 2 is 1.77 bits per heavy atom. The molecule has 26 heavy (non-hydrogen) atoms. The summed E-state index contributed by atoms with van der Waals surface area (Å²) in [5.74, 6) is -3.25. The SMILES string of the molecule is O=C(O)C(CNC(=O)C1(c2cccc(F)c2)CCC1)c1ccc(F)cc1. The molecule has 0 heterocycles. The molecule has 2 aromatic carbocycles. The topological polar surface area (TPSA) is 66.4 Å². The van der Waals surface area contributed by atoms with E-state index in [1.54, 1.807) is 12.1 Å². The predicted molar refractivity (Wildman–Crippen MR) is 91.7 cm³/mol. The summed E-state index contributed by atoms with van der Waals surface area (Å²) in [6.45, 7) is -0.114. The van der Waals surface area contributed by atoms with Crippen LogP contribution in [0.3, 0.4) is 0 Å². The van der Waals surface area contributed by atoms with E-state index in [-0.39, 0.29) is 12.5 Å². The highest BCUT2D eigenvalue weighted by Crippen LogP contribution is 2.44. The van der Waals surface area contributed by atoms with Crippen molar-refractivity contribution in [2.24, 2.45) is 0 Å². The minimum Gasteiger partial charge on any atom is -0.481 e. The molecule has 0 saturated heterocycles. The molecule has 4 nitrogen and oxygen atoms in total. The van der Waals surface area contributed by atoms with Crippen LogP contribution in [0.15, 0.2) is 48.5 Å². The van der Waals surface area contributed by atoms with Gasteiger partial charge in [-0.25, -0.2) is 8.78 Å². The maximum absolute atomic E-state index is 13.6. The van der Waals surface area contributed by atoms with Crippen molar-refractivity contribution in [3.8, 4) is 0 Å². The van der Waals surface area contributed by atoms with Gasteiger partial charge in [-0.2, -0.15) is 0 Å². The Labute approximate surface area is 149 Å². The summed E-state index contributed by atoms with van der Waals surface area (Å²) in [4.78, 5) is 24.3. The maximum atomic E-state index is 13.6. The number of nitrogens with one attached hydrogen (secondary N) is 1. The van der Waals surface area contributed by atoms with Crippen LogP contribution in [0.5, 0.6) is 0 Å². The fraction of sp³-hybridized carbons (Fsp3) is 0.300. The Hall–Kier alpha value is -2.76. The molecule has 1 atom stereocenters. The first-order valence-corrected chi connectivity index (χ1v) is 8.45. The standard InChI is InChI=1S/C20H19F2NO3/c21-15-7-5-13(6-8-15)17(18(24)25)12-23-19(26)20(9-2-10-20)14-3-1-4-16(22)11-14/h1,3-8,11,17H,2,9-10,12H2,(H,23,26)(H,24,25). The lowest BCUT2D eigenvalue weighted by Gasteiger charge is -2.41. The highest BCUT2D eigenvalue weighted by atomic mass is 19.1. The van der Waals surface area contributed by atoms with Gasteiger partial charge in [0.15, 0.2) is 0 Å². The highest BCUT2D eigenvalue weighted by Gasteiger charge is 2.45. The van der Waals surface area contributed by atoms with Crippen LogP contribution in [0.4, 0.5) is 8.78 Å². The van der Waals surface area contributed by atoms with Crippen LogP contribution in [0.2, 0.25) is 0 Å². The monoisotopic (exact) mass is 359 g/mol. The van der Waals surface area contributed by atoms with Crippen LogP contribution < -0.4 is 5.32 Å². The van der Waals surface area contributed by atoms with E-state index in [4.69, 9.17) is 0 Å². The molecule has 0 bridgehead atoms. The van der Waals surface area contributed by atoms with E-state index in [1.165, 1.54) is 36.4 Å². The molecule has 1 saturated carbocycles. The molecule has 1 unspecified atom stereocenters. The first-order valence-electron chi connectivity index (χ1n) is 8.45. The zero-order chi connectivity index (χ0) is 18.7. The van der Waals surface area contributed by atoms with Crippen molar-refractivity contribution in [1.82, 2.24) is 5.32 Å². The average Bonchev–Trinajstić information content (AvgIpc) is 2.55. The van der Waals surface area contributed by atoms with Crippen LogP contribution >= 0.6 is 0 Å². The molecular weight excluding hydrogens is 340 g/mol.